The normalized spacial score (nSPS) is 23.2. The minimum Gasteiger partial charge on any atom is -0.382 e. The van der Waals surface area contributed by atoms with Crippen molar-refractivity contribution in [2.75, 3.05) is 31.3 Å². The minimum absolute atomic E-state index is 0.775. The third-order valence-electron chi connectivity index (χ3n) is 2.03. The van der Waals surface area contributed by atoms with Crippen LogP contribution in [0.15, 0.2) is 0 Å². The molecule has 1 fully saturated rings. The molecule has 1 unspecified atom stereocenters. The molecule has 0 spiro atoms. The average molecular weight is 189 g/mol. The maximum Gasteiger partial charge on any atom is 0.0477 e. The van der Waals surface area contributed by atoms with Gasteiger partial charge in [0, 0.05) is 25.0 Å². The van der Waals surface area contributed by atoms with Crippen LogP contribution in [0, 0.1) is 0 Å². The average Bonchev–Trinajstić information content (AvgIpc) is 2.57. The summed E-state index contributed by atoms with van der Waals surface area (Å²) in [6.45, 7) is 4.91. The van der Waals surface area contributed by atoms with Crippen molar-refractivity contribution in [1.29, 1.82) is 0 Å². The molecular formula is C9H19NOS. The van der Waals surface area contributed by atoms with Gasteiger partial charge in [0.2, 0.25) is 0 Å². The largest absolute Gasteiger partial charge is 0.382 e. The molecule has 3 heteroatoms. The van der Waals surface area contributed by atoms with Crippen molar-refractivity contribution in [3.05, 3.63) is 0 Å². The fraction of sp³-hybridized carbons (Fsp3) is 1.00. The van der Waals surface area contributed by atoms with Crippen molar-refractivity contribution in [2.24, 2.45) is 0 Å². The first-order valence-electron chi connectivity index (χ1n) is 4.82. The van der Waals surface area contributed by atoms with Gasteiger partial charge < -0.3 is 10.1 Å². The first kappa shape index (κ1) is 10.4. The summed E-state index contributed by atoms with van der Waals surface area (Å²) in [7, 11) is 0. The second-order valence-corrected chi connectivity index (χ2v) is 4.21. The van der Waals surface area contributed by atoms with Crippen molar-refractivity contribution in [3.63, 3.8) is 0 Å². The van der Waals surface area contributed by atoms with Crippen LogP contribution in [0.1, 0.15) is 19.8 Å². The van der Waals surface area contributed by atoms with Gasteiger partial charge in [0.05, 0.1) is 0 Å². The molecule has 12 heavy (non-hydrogen) atoms. The molecule has 72 valence electrons. The monoisotopic (exact) mass is 189 g/mol. The molecule has 0 aliphatic carbocycles. The lowest BCUT2D eigenvalue weighted by atomic mass is 10.2. The van der Waals surface area contributed by atoms with Gasteiger partial charge in [0.1, 0.15) is 0 Å². The van der Waals surface area contributed by atoms with Crippen molar-refractivity contribution in [1.82, 2.24) is 5.32 Å². The van der Waals surface area contributed by atoms with Crippen LogP contribution in [0.4, 0.5) is 0 Å². The fourth-order valence-corrected chi connectivity index (χ4v) is 2.51. The Balaban J connectivity index is 1.81. The Morgan fingerprint density at radius 3 is 3.17 bits per heavy atom. The lowest BCUT2D eigenvalue weighted by molar-refractivity contribution is 0.144. The molecule has 0 saturated carbocycles. The number of nitrogens with one attached hydrogen (secondary N) is 1. The molecule has 0 amide bonds. The summed E-state index contributed by atoms with van der Waals surface area (Å²) in [6.07, 6.45) is 2.49. The molecule has 1 aliphatic rings. The molecule has 0 aromatic carbocycles. The molecule has 0 aromatic heterocycles. The zero-order chi connectivity index (χ0) is 8.65. The van der Waals surface area contributed by atoms with Crippen LogP contribution >= 0.6 is 11.8 Å². The van der Waals surface area contributed by atoms with Crippen LogP contribution < -0.4 is 5.32 Å². The van der Waals surface area contributed by atoms with Gasteiger partial charge in [-0.3, -0.25) is 0 Å². The van der Waals surface area contributed by atoms with Gasteiger partial charge in [0.25, 0.3) is 0 Å². The van der Waals surface area contributed by atoms with Crippen LogP contribution in [0.2, 0.25) is 0 Å². The topological polar surface area (TPSA) is 21.3 Å². The highest BCUT2D eigenvalue weighted by molar-refractivity contribution is 7.99. The molecule has 2 nitrogen and oxygen atoms in total. The Hall–Kier alpha value is 0.270. The summed E-state index contributed by atoms with van der Waals surface area (Å²) in [5.41, 5.74) is 0. The van der Waals surface area contributed by atoms with Gasteiger partial charge in [-0.15, -0.1) is 0 Å². The van der Waals surface area contributed by atoms with E-state index in [1.54, 1.807) is 0 Å². The van der Waals surface area contributed by atoms with Crippen LogP contribution in [-0.4, -0.2) is 37.3 Å². The van der Waals surface area contributed by atoms with Gasteiger partial charge in [-0.1, -0.05) is 0 Å². The Labute approximate surface area is 79.4 Å². The van der Waals surface area contributed by atoms with E-state index in [2.05, 4.69) is 17.1 Å². The summed E-state index contributed by atoms with van der Waals surface area (Å²) in [5, 5.41) is 3.54. The molecule has 1 heterocycles. The molecule has 1 rings (SSSR count). The first-order valence-corrected chi connectivity index (χ1v) is 5.98. The number of thioether (sulfide) groups is 1. The Morgan fingerprint density at radius 1 is 1.58 bits per heavy atom. The number of ether oxygens (including phenoxy) is 1. The van der Waals surface area contributed by atoms with Crippen LogP contribution in [0.25, 0.3) is 0 Å². The van der Waals surface area contributed by atoms with Crippen molar-refractivity contribution in [2.45, 2.75) is 25.8 Å². The third kappa shape index (κ3) is 4.33. The number of hydrogen-bond acceptors (Lipinski definition) is 3. The number of hydrogen-bond donors (Lipinski definition) is 1. The van der Waals surface area contributed by atoms with Crippen LogP contribution in [-0.2, 0) is 4.74 Å². The Bertz CT molecular complexity index is 105. The summed E-state index contributed by atoms with van der Waals surface area (Å²) < 4.78 is 5.25. The summed E-state index contributed by atoms with van der Waals surface area (Å²) in [4.78, 5) is 0. The molecule has 1 N–H and O–H groups in total. The second-order valence-electron chi connectivity index (χ2n) is 3.07. The fourth-order valence-electron chi connectivity index (χ4n) is 1.32. The first-order chi connectivity index (χ1) is 5.93. The summed E-state index contributed by atoms with van der Waals surface area (Å²) >= 11 is 2.06. The van der Waals surface area contributed by atoms with E-state index in [1.165, 1.54) is 17.9 Å². The lowest BCUT2D eigenvalue weighted by Crippen LogP contribution is -2.30. The van der Waals surface area contributed by atoms with Crippen LogP contribution in [0.5, 0.6) is 0 Å². The van der Waals surface area contributed by atoms with Gasteiger partial charge in [-0.2, -0.15) is 11.8 Å². The second kappa shape index (κ2) is 6.75. The molecule has 1 saturated heterocycles. The van der Waals surface area contributed by atoms with E-state index >= 15 is 0 Å². The Morgan fingerprint density at radius 2 is 2.50 bits per heavy atom. The maximum absolute atomic E-state index is 5.25. The zero-order valence-corrected chi connectivity index (χ0v) is 8.66. The van der Waals surface area contributed by atoms with E-state index in [0.717, 1.165) is 32.2 Å². The predicted molar refractivity (Wildman–Crippen MR) is 54.8 cm³/mol. The molecule has 1 atom stereocenters. The van der Waals surface area contributed by atoms with Crippen molar-refractivity contribution < 1.29 is 4.74 Å². The SMILES string of the molecule is CCOCCCNC1CCSC1. The molecule has 1 aliphatic heterocycles. The summed E-state index contributed by atoms with van der Waals surface area (Å²) in [6, 6.07) is 0.775. The van der Waals surface area contributed by atoms with E-state index in [4.69, 9.17) is 4.74 Å². The Kier molecular flexibility index (Phi) is 5.82. The van der Waals surface area contributed by atoms with E-state index in [9.17, 15) is 0 Å². The van der Waals surface area contributed by atoms with Crippen molar-refractivity contribution in [3.8, 4) is 0 Å². The van der Waals surface area contributed by atoms with Gasteiger partial charge in [-0.05, 0) is 32.1 Å². The summed E-state index contributed by atoms with van der Waals surface area (Å²) in [5.74, 6) is 2.64. The van der Waals surface area contributed by atoms with Gasteiger partial charge in [-0.25, -0.2) is 0 Å². The van der Waals surface area contributed by atoms with Gasteiger partial charge in [0.15, 0.2) is 0 Å². The van der Waals surface area contributed by atoms with Gasteiger partial charge >= 0.3 is 0 Å². The minimum atomic E-state index is 0.775. The van der Waals surface area contributed by atoms with E-state index in [0.29, 0.717) is 0 Å². The standard InChI is InChI=1S/C9H19NOS/c1-2-11-6-3-5-10-9-4-7-12-8-9/h9-10H,2-8H2,1H3. The lowest BCUT2D eigenvalue weighted by Gasteiger charge is -2.10. The smallest absolute Gasteiger partial charge is 0.0477 e. The molecule has 0 bridgehead atoms. The van der Waals surface area contributed by atoms with E-state index < -0.39 is 0 Å². The van der Waals surface area contributed by atoms with E-state index in [-0.39, 0.29) is 0 Å². The highest BCUT2D eigenvalue weighted by Gasteiger charge is 2.13. The zero-order valence-electron chi connectivity index (χ0n) is 7.84. The van der Waals surface area contributed by atoms with Crippen LogP contribution in [0.3, 0.4) is 0 Å². The quantitative estimate of drug-likeness (QED) is 0.640. The highest BCUT2D eigenvalue weighted by atomic mass is 32.2. The van der Waals surface area contributed by atoms with E-state index in [1.807, 2.05) is 6.92 Å². The number of rotatable bonds is 6. The molecular weight excluding hydrogens is 170 g/mol. The highest BCUT2D eigenvalue weighted by Crippen LogP contribution is 2.16. The predicted octanol–water partition coefficient (Wildman–Crippen LogP) is 1.51. The van der Waals surface area contributed by atoms with Crippen molar-refractivity contribution >= 4 is 11.8 Å². The molecule has 0 radical (unpaired) electrons. The molecule has 0 aromatic rings. The third-order valence-corrected chi connectivity index (χ3v) is 3.19. The maximum atomic E-state index is 5.25.